The summed E-state index contributed by atoms with van der Waals surface area (Å²) >= 11 is 0. The highest BCUT2D eigenvalue weighted by atomic mass is 16.2. The van der Waals surface area contributed by atoms with Gasteiger partial charge in [-0.05, 0) is 42.5 Å². The first-order valence-corrected chi connectivity index (χ1v) is 9.27. The smallest absolute Gasteiger partial charge is 0.228 e. The monoisotopic (exact) mass is 350 g/mol. The van der Waals surface area contributed by atoms with Gasteiger partial charge in [0.1, 0.15) is 0 Å². The quantitative estimate of drug-likeness (QED) is 0.821. The minimum absolute atomic E-state index is 0.0244. The van der Waals surface area contributed by atoms with Crippen LogP contribution in [0.25, 0.3) is 0 Å². The van der Waals surface area contributed by atoms with Crippen molar-refractivity contribution in [2.24, 2.45) is 0 Å². The number of fused-ring (bicyclic) bond motifs is 1. The van der Waals surface area contributed by atoms with Gasteiger partial charge in [0.2, 0.25) is 11.8 Å². The first kappa shape index (κ1) is 18.2. The molecule has 0 spiro atoms. The van der Waals surface area contributed by atoms with E-state index in [-0.39, 0.29) is 11.8 Å². The van der Waals surface area contributed by atoms with Crippen molar-refractivity contribution in [3.8, 4) is 0 Å². The Balaban J connectivity index is 1.77. The maximum atomic E-state index is 12.8. The number of nitrogens with zero attached hydrogens (tertiary/aromatic N) is 2. The lowest BCUT2D eigenvalue weighted by Crippen LogP contribution is -2.36. The highest BCUT2D eigenvalue weighted by Gasteiger charge is 2.25. The van der Waals surface area contributed by atoms with Crippen LogP contribution in [0.4, 0.5) is 11.4 Å². The van der Waals surface area contributed by atoms with Crippen LogP contribution in [-0.2, 0) is 22.4 Å². The molecular weight excluding hydrogens is 324 g/mol. The lowest BCUT2D eigenvalue weighted by atomic mass is 10.0. The molecule has 136 valence electrons. The van der Waals surface area contributed by atoms with E-state index >= 15 is 0 Å². The van der Waals surface area contributed by atoms with Crippen LogP contribution in [0.3, 0.4) is 0 Å². The first-order valence-electron chi connectivity index (χ1n) is 9.27. The number of carbonyl (C=O) groups excluding carboxylic acids is 2. The molecule has 0 bridgehead atoms. The van der Waals surface area contributed by atoms with E-state index in [1.54, 1.807) is 11.8 Å². The number of amides is 2. The van der Waals surface area contributed by atoms with Gasteiger partial charge in [0, 0.05) is 37.8 Å². The summed E-state index contributed by atoms with van der Waals surface area (Å²) in [5.74, 6) is 0.0523. The summed E-state index contributed by atoms with van der Waals surface area (Å²) in [6, 6.07) is 14.1. The van der Waals surface area contributed by atoms with E-state index in [1.165, 1.54) is 5.56 Å². The Labute approximate surface area is 155 Å². The molecule has 3 rings (SSSR count). The molecule has 4 heteroatoms. The van der Waals surface area contributed by atoms with E-state index < -0.39 is 0 Å². The van der Waals surface area contributed by atoms with Crippen LogP contribution in [0, 0.1) is 6.92 Å². The van der Waals surface area contributed by atoms with Crippen molar-refractivity contribution in [1.82, 2.24) is 0 Å². The van der Waals surface area contributed by atoms with E-state index in [4.69, 9.17) is 0 Å². The fourth-order valence-corrected chi connectivity index (χ4v) is 3.76. The molecule has 26 heavy (non-hydrogen) atoms. The molecule has 2 aromatic carbocycles. The van der Waals surface area contributed by atoms with E-state index in [2.05, 4.69) is 19.1 Å². The summed E-state index contributed by atoms with van der Waals surface area (Å²) in [6.45, 7) is 6.81. The van der Waals surface area contributed by atoms with Gasteiger partial charge < -0.3 is 9.80 Å². The van der Waals surface area contributed by atoms with Gasteiger partial charge >= 0.3 is 0 Å². The van der Waals surface area contributed by atoms with Crippen molar-refractivity contribution in [2.45, 2.75) is 40.0 Å². The highest BCUT2D eigenvalue weighted by molar-refractivity contribution is 5.98. The Morgan fingerprint density at radius 2 is 1.88 bits per heavy atom. The summed E-state index contributed by atoms with van der Waals surface area (Å²) in [5.41, 5.74) is 5.39. The van der Waals surface area contributed by atoms with E-state index in [9.17, 15) is 9.59 Å². The number of benzene rings is 2. The maximum absolute atomic E-state index is 12.8. The molecule has 0 aliphatic carbocycles. The first-order chi connectivity index (χ1) is 12.5. The van der Waals surface area contributed by atoms with Gasteiger partial charge in [-0.3, -0.25) is 9.59 Å². The topological polar surface area (TPSA) is 40.6 Å². The highest BCUT2D eigenvalue weighted by Crippen LogP contribution is 2.29. The summed E-state index contributed by atoms with van der Waals surface area (Å²) in [6.07, 6.45) is 2.08. The zero-order valence-corrected chi connectivity index (χ0v) is 15.8. The van der Waals surface area contributed by atoms with Gasteiger partial charge in [-0.1, -0.05) is 43.3 Å². The molecule has 0 aromatic heterocycles. The molecule has 0 radical (unpaired) electrons. The molecule has 1 aliphatic heterocycles. The van der Waals surface area contributed by atoms with Gasteiger partial charge in [-0.25, -0.2) is 0 Å². The second-order valence-electron chi connectivity index (χ2n) is 6.78. The SMILES string of the molecule is CCc1cccc(C)c1N(CCC(=O)N1CCc2ccccc21)C(C)=O. The van der Waals surface area contributed by atoms with E-state index in [1.807, 2.05) is 42.2 Å². The van der Waals surface area contributed by atoms with E-state index in [0.717, 1.165) is 41.9 Å². The minimum Gasteiger partial charge on any atom is -0.312 e. The molecular formula is C22H26N2O2. The second kappa shape index (κ2) is 7.73. The molecule has 0 unspecified atom stereocenters. The number of rotatable bonds is 5. The van der Waals surface area contributed by atoms with Crippen molar-refractivity contribution in [2.75, 3.05) is 22.9 Å². The van der Waals surface area contributed by atoms with Gasteiger partial charge in [-0.15, -0.1) is 0 Å². The summed E-state index contributed by atoms with van der Waals surface area (Å²) in [4.78, 5) is 28.7. The van der Waals surface area contributed by atoms with Gasteiger partial charge in [0.15, 0.2) is 0 Å². The zero-order valence-electron chi connectivity index (χ0n) is 15.8. The van der Waals surface area contributed by atoms with Crippen LogP contribution in [0.5, 0.6) is 0 Å². The molecule has 2 amide bonds. The lowest BCUT2D eigenvalue weighted by Gasteiger charge is -2.26. The molecule has 0 saturated carbocycles. The number of hydrogen-bond donors (Lipinski definition) is 0. The normalized spacial score (nSPS) is 12.8. The van der Waals surface area contributed by atoms with Crippen molar-refractivity contribution in [3.05, 3.63) is 59.2 Å². The lowest BCUT2D eigenvalue weighted by molar-refractivity contribution is -0.118. The largest absolute Gasteiger partial charge is 0.312 e. The van der Waals surface area contributed by atoms with Crippen molar-refractivity contribution in [3.63, 3.8) is 0 Å². The Morgan fingerprint density at radius 1 is 1.12 bits per heavy atom. The van der Waals surface area contributed by atoms with Crippen LogP contribution < -0.4 is 9.80 Å². The average Bonchev–Trinajstić information content (AvgIpc) is 3.06. The Morgan fingerprint density at radius 3 is 2.62 bits per heavy atom. The Hall–Kier alpha value is -2.62. The number of hydrogen-bond acceptors (Lipinski definition) is 2. The van der Waals surface area contributed by atoms with Crippen molar-refractivity contribution < 1.29 is 9.59 Å². The van der Waals surface area contributed by atoms with E-state index in [0.29, 0.717) is 13.0 Å². The standard InChI is InChI=1S/C22H26N2O2/c1-4-18-10-7-8-16(2)22(18)23(17(3)25)15-13-21(26)24-14-12-19-9-5-6-11-20(19)24/h5-11H,4,12-15H2,1-3H3. The molecule has 0 atom stereocenters. The number of aryl methyl sites for hydroxylation is 2. The second-order valence-corrected chi connectivity index (χ2v) is 6.78. The summed E-state index contributed by atoms with van der Waals surface area (Å²) < 4.78 is 0. The molecule has 4 nitrogen and oxygen atoms in total. The molecule has 0 fully saturated rings. The maximum Gasteiger partial charge on any atom is 0.228 e. The van der Waals surface area contributed by atoms with Crippen molar-refractivity contribution >= 4 is 23.2 Å². The number of carbonyl (C=O) groups is 2. The van der Waals surface area contributed by atoms with Gasteiger partial charge in [-0.2, -0.15) is 0 Å². The Kier molecular flexibility index (Phi) is 5.40. The fourth-order valence-electron chi connectivity index (χ4n) is 3.76. The third-order valence-electron chi connectivity index (χ3n) is 5.09. The summed E-state index contributed by atoms with van der Waals surface area (Å²) in [5, 5.41) is 0. The van der Waals surface area contributed by atoms with Gasteiger partial charge in [0.25, 0.3) is 0 Å². The van der Waals surface area contributed by atoms with Crippen LogP contribution in [-0.4, -0.2) is 24.9 Å². The molecule has 0 N–H and O–H groups in total. The third kappa shape index (κ3) is 3.50. The van der Waals surface area contributed by atoms with Crippen LogP contribution in [0.2, 0.25) is 0 Å². The summed E-state index contributed by atoms with van der Waals surface area (Å²) in [7, 11) is 0. The molecule has 0 saturated heterocycles. The van der Waals surface area contributed by atoms with Crippen molar-refractivity contribution in [1.29, 1.82) is 0 Å². The minimum atomic E-state index is -0.0244. The number of anilines is 2. The van der Waals surface area contributed by atoms with Crippen LogP contribution in [0.1, 0.15) is 37.0 Å². The molecule has 2 aromatic rings. The average molecular weight is 350 g/mol. The molecule has 1 aliphatic rings. The van der Waals surface area contributed by atoms with Crippen LogP contribution in [0.15, 0.2) is 42.5 Å². The van der Waals surface area contributed by atoms with Crippen LogP contribution >= 0.6 is 0 Å². The number of para-hydroxylation sites is 2. The predicted molar refractivity (Wildman–Crippen MR) is 106 cm³/mol. The molecule has 1 heterocycles. The fraction of sp³-hybridized carbons (Fsp3) is 0.364. The predicted octanol–water partition coefficient (Wildman–Crippen LogP) is 3.89. The van der Waals surface area contributed by atoms with Gasteiger partial charge in [0.05, 0.1) is 0 Å². The third-order valence-corrected chi connectivity index (χ3v) is 5.09. The zero-order chi connectivity index (χ0) is 18.7. The Bertz CT molecular complexity index is 829.